The van der Waals surface area contributed by atoms with E-state index in [2.05, 4.69) is 0 Å². The Hall–Kier alpha value is -0.430. The third kappa shape index (κ3) is 5.44. The van der Waals surface area contributed by atoms with Gasteiger partial charge in [0.05, 0.1) is 12.5 Å². The summed E-state index contributed by atoms with van der Waals surface area (Å²) in [5.74, 6) is 0. The number of hydrogen-bond acceptors (Lipinski definition) is 1. The second kappa shape index (κ2) is 2.92. The molecule has 0 amide bonds. The maximum Gasteiger partial charge on any atom is 0.391 e. The molecule has 5 heteroatoms. The van der Waals surface area contributed by atoms with Crippen LogP contribution in [0, 0.1) is 11.3 Å². The number of rotatable bonds is 1. The topological polar surface area (TPSA) is 23.8 Å². The van der Waals surface area contributed by atoms with E-state index in [1.54, 1.807) is 0 Å². The molecule has 0 fully saturated rings. The first kappa shape index (κ1) is 8.57. The molecule has 9 heavy (non-hydrogen) atoms. The Morgan fingerprint density at radius 3 is 2.11 bits per heavy atom. The highest BCUT2D eigenvalue weighted by Gasteiger charge is 2.30. The van der Waals surface area contributed by atoms with Crippen molar-refractivity contribution in [2.45, 2.75) is 18.0 Å². The Morgan fingerprint density at radius 1 is 1.56 bits per heavy atom. The maximum absolute atomic E-state index is 11.3. The molecule has 0 spiro atoms. The van der Waals surface area contributed by atoms with Crippen LogP contribution in [0.5, 0.6) is 0 Å². The number of halogens is 4. The number of alkyl halides is 4. The van der Waals surface area contributed by atoms with Gasteiger partial charge in [-0.1, -0.05) is 0 Å². The van der Waals surface area contributed by atoms with Gasteiger partial charge in [0.15, 0.2) is 0 Å². The standard InChI is InChI=1S/C4H3ClF3N/c5-3(2-9)1-4(6,7)8/h3H,1H2. The highest BCUT2D eigenvalue weighted by atomic mass is 35.5. The molecular weight excluding hydrogens is 154 g/mol. The lowest BCUT2D eigenvalue weighted by atomic mass is 10.3. The van der Waals surface area contributed by atoms with Crippen molar-refractivity contribution >= 4 is 11.6 Å². The summed E-state index contributed by atoms with van der Waals surface area (Å²) in [6, 6.07) is 1.27. The molecule has 0 aliphatic carbocycles. The van der Waals surface area contributed by atoms with Gasteiger partial charge in [-0.15, -0.1) is 11.6 Å². The van der Waals surface area contributed by atoms with Gasteiger partial charge in [-0.3, -0.25) is 0 Å². The van der Waals surface area contributed by atoms with E-state index in [9.17, 15) is 13.2 Å². The first-order valence-corrected chi connectivity index (χ1v) is 2.50. The van der Waals surface area contributed by atoms with Gasteiger partial charge in [0.1, 0.15) is 5.38 Å². The largest absolute Gasteiger partial charge is 0.391 e. The van der Waals surface area contributed by atoms with Crippen LogP contribution in [-0.4, -0.2) is 11.6 Å². The third-order valence-electron chi connectivity index (χ3n) is 0.551. The molecule has 0 saturated carbocycles. The van der Waals surface area contributed by atoms with Crippen molar-refractivity contribution in [1.29, 1.82) is 5.26 Å². The summed E-state index contributed by atoms with van der Waals surface area (Å²) in [5, 5.41) is 6.36. The van der Waals surface area contributed by atoms with E-state index in [1.165, 1.54) is 6.07 Å². The van der Waals surface area contributed by atoms with Crippen LogP contribution in [0.2, 0.25) is 0 Å². The van der Waals surface area contributed by atoms with E-state index in [1.807, 2.05) is 0 Å². The minimum atomic E-state index is -4.33. The summed E-state index contributed by atoms with van der Waals surface area (Å²) in [7, 11) is 0. The summed E-state index contributed by atoms with van der Waals surface area (Å²) in [4.78, 5) is 0. The van der Waals surface area contributed by atoms with Crippen molar-refractivity contribution < 1.29 is 13.2 Å². The zero-order valence-corrected chi connectivity index (χ0v) is 5.00. The first-order chi connectivity index (χ1) is 3.95. The molecule has 1 atom stereocenters. The fourth-order valence-electron chi connectivity index (χ4n) is 0.249. The molecule has 0 aromatic rings. The maximum atomic E-state index is 11.3. The van der Waals surface area contributed by atoms with Crippen LogP contribution in [0.25, 0.3) is 0 Å². The molecular formula is C4H3ClF3N. The molecule has 0 bridgehead atoms. The van der Waals surface area contributed by atoms with Crippen molar-refractivity contribution in [2.24, 2.45) is 0 Å². The number of nitrogens with zero attached hydrogens (tertiary/aromatic N) is 1. The van der Waals surface area contributed by atoms with Gasteiger partial charge in [-0.25, -0.2) is 0 Å². The van der Waals surface area contributed by atoms with Crippen molar-refractivity contribution in [2.75, 3.05) is 0 Å². The molecule has 1 nitrogen and oxygen atoms in total. The molecule has 0 aromatic heterocycles. The quantitative estimate of drug-likeness (QED) is 0.535. The highest BCUT2D eigenvalue weighted by molar-refractivity contribution is 6.22. The Labute approximate surface area is 55.0 Å². The summed E-state index contributed by atoms with van der Waals surface area (Å²) >= 11 is 4.87. The molecule has 0 aliphatic heterocycles. The fraction of sp³-hybridized carbons (Fsp3) is 0.750. The van der Waals surface area contributed by atoms with Crippen LogP contribution in [-0.2, 0) is 0 Å². The molecule has 52 valence electrons. The summed E-state index contributed by atoms with van der Waals surface area (Å²) in [6.07, 6.45) is -5.58. The Balaban J connectivity index is 3.63. The lowest BCUT2D eigenvalue weighted by Gasteiger charge is -2.03. The van der Waals surface area contributed by atoms with Crippen LogP contribution in [0.3, 0.4) is 0 Å². The predicted molar refractivity (Wildman–Crippen MR) is 25.9 cm³/mol. The van der Waals surface area contributed by atoms with Gasteiger partial charge in [-0.2, -0.15) is 18.4 Å². The number of hydrogen-bond donors (Lipinski definition) is 0. The van der Waals surface area contributed by atoms with E-state index in [4.69, 9.17) is 16.9 Å². The summed E-state index contributed by atoms with van der Waals surface area (Å²) in [5.41, 5.74) is 0. The molecule has 1 unspecified atom stereocenters. The molecule has 0 aliphatic rings. The fourth-order valence-corrected chi connectivity index (χ4v) is 0.424. The van der Waals surface area contributed by atoms with Crippen molar-refractivity contribution in [3.05, 3.63) is 0 Å². The average molecular weight is 158 g/mol. The Bertz CT molecular complexity index is 125. The summed E-state index contributed by atoms with van der Waals surface area (Å²) < 4.78 is 33.8. The minimum absolute atomic E-state index is 1.24. The molecule has 0 aromatic carbocycles. The third-order valence-corrected chi connectivity index (χ3v) is 0.803. The smallest absolute Gasteiger partial charge is 0.197 e. The van der Waals surface area contributed by atoms with Crippen LogP contribution in [0.1, 0.15) is 6.42 Å². The van der Waals surface area contributed by atoms with Crippen LogP contribution >= 0.6 is 11.6 Å². The average Bonchev–Trinajstić information content (AvgIpc) is 1.62. The van der Waals surface area contributed by atoms with Crippen LogP contribution in [0.15, 0.2) is 0 Å². The lowest BCUT2D eigenvalue weighted by Crippen LogP contribution is -2.13. The predicted octanol–water partition coefficient (Wildman–Crippen LogP) is 2.07. The van der Waals surface area contributed by atoms with Crippen molar-refractivity contribution in [3.8, 4) is 6.07 Å². The summed E-state index contributed by atoms with van der Waals surface area (Å²) in [6.45, 7) is 0. The minimum Gasteiger partial charge on any atom is -0.197 e. The van der Waals surface area contributed by atoms with Crippen LogP contribution < -0.4 is 0 Å². The Kier molecular flexibility index (Phi) is 2.78. The van der Waals surface area contributed by atoms with Crippen molar-refractivity contribution in [3.63, 3.8) is 0 Å². The van der Waals surface area contributed by atoms with E-state index in [0.29, 0.717) is 0 Å². The van der Waals surface area contributed by atoms with Crippen molar-refractivity contribution in [1.82, 2.24) is 0 Å². The molecule has 0 radical (unpaired) electrons. The van der Waals surface area contributed by atoms with E-state index in [-0.39, 0.29) is 0 Å². The molecule has 0 saturated heterocycles. The highest BCUT2D eigenvalue weighted by Crippen LogP contribution is 2.23. The number of nitriles is 1. The van der Waals surface area contributed by atoms with E-state index in [0.717, 1.165) is 0 Å². The van der Waals surface area contributed by atoms with E-state index >= 15 is 0 Å². The second-order valence-electron chi connectivity index (χ2n) is 1.42. The van der Waals surface area contributed by atoms with Gasteiger partial charge in [0.2, 0.25) is 0 Å². The van der Waals surface area contributed by atoms with Gasteiger partial charge < -0.3 is 0 Å². The molecule has 0 rings (SSSR count). The Morgan fingerprint density at radius 2 is 2.00 bits per heavy atom. The van der Waals surface area contributed by atoms with Gasteiger partial charge in [-0.05, 0) is 0 Å². The van der Waals surface area contributed by atoms with Crippen LogP contribution in [0.4, 0.5) is 13.2 Å². The zero-order chi connectivity index (χ0) is 7.49. The SMILES string of the molecule is N#CC(Cl)CC(F)(F)F. The molecule has 0 N–H and O–H groups in total. The van der Waals surface area contributed by atoms with Gasteiger partial charge in [0.25, 0.3) is 0 Å². The monoisotopic (exact) mass is 157 g/mol. The van der Waals surface area contributed by atoms with Gasteiger partial charge in [0, 0.05) is 0 Å². The normalized spacial score (nSPS) is 14.6. The van der Waals surface area contributed by atoms with E-state index < -0.39 is 18.0 Å². The lowest BCUT2D eigenvalue weighted by molar-refractivity contribution is -0.132. The second-order valence-corrected chi connectivity index (χ2v) is 1.94. The first-order valence-electron chi connectivity index (χ1n) is 2.06. The van der Waals surface area contributed by atoms with Gasteiger partial charge >= 0.3 is 6.18 Å². The molecule has 0 heterocycles. The zero-order valence-electron chi connectivity index (χ0n) is 4.24.